The number of nitrogens with two attached hydrogens (primary N) is 2. The molecule has 1 saturated heterocycles. The van der Waals surface area contributed by atoms with Gasteiger partial charge in [0.25, 0.3) is 5.91 Å². The fourth-order valence-electron chi connectivity index (χ4n) is 4.39. The molecule has 15 heteroatoms. The number of likely N-dealkylation sites (tertiary alicyclic amines) is 1. The number of nitrogen functional groups attached to an aromatic ring is 1. The smallest absolute Gasteiger partial charge is 0.345 e. The fourth-order valence-corrected chi connectivity index (χ4v) is 5.35. The van der Waals surface area contributed by atoms with Gasteiger partial charge >= 0.3 is 6.61 Å². The van der Waals surface area contributed by atoms with Crippen molar-refractivity contribution in [3.8, 4) is 11.5 Å². The van der Waals surface area contributed by atoms with E-state index in [-0.39, 0.29) is 29.2 Å². The van der Waals surface area contributed by atoms with Crippen LogP contribution in [0.4, 0.5) is 8.78 Å². The lowest BCUT2D eigenvalue weighted by Gasteiger charge is -2.25. The first kappa shape index (κ1) is 31.1. The molecule has 7 N–H and O–H groups in total. The van der Waals surface area contributed by atoms with Gasteiger partial charge in [0.2, 0.25) is 17.7 Å². The van der Waals surface area contributed by atoms with Crippen LogP contribution in [-0.2, 0) is 19.1 Å². The van der Waals surface area contributed by atoms with Crippen LogP contribution in [0.5, 0.6) is 11.5 Å². The van der Waals surface area contributed by atoms with Crippen molar-refractivity contribution in [2.24, 2.45) is 11.5 Å². The predicted octanol–water partition coefficient (Wildman–Crippen LogP) is 2.11. The van der Waals surface area contributed by atoms with Gasteiger partial charge in [0.15, 0.2) is 0 Å². The molecule has 0 spiro atoms. The highest BCUT2D eigenvalue weighted by molar-refractivity contribution is 7.10. The van der Waals surface area contributed by atoms with Crippen LogP contribution in [0.25, 0.3) is 0 Å². The average molecular weight is 615 g/mol. The van der Waals surface area contributed by atoms with Crippen LogP contribution < -0.4 is 26.8 Å². The SMILES string of the molecule is N=C(N)c1csc([C@H](NC(=O)[C@@H]2C[C@@H](OC(F)F)CN2C(=O)CNC(=O)c2ccc(Oc3ccccc3)cc2)C(N)=O)c1. The second-order valence-corrected chi connectivity index (χ2v) is 10.4. The first-order valence-electron chi connectivity index (χ1n) is 12.9. The molecule has 1 aliphatic rings. The van der Waals surface area contributed by atoms with Gasteiger partial charge in [-0.05, 0) is 42.5 Å². The Balaban J connectivity index is 1.40. The number of ether oxygens (including phenoxy) is 2. The van der Waals surface area contributed by atoms with Gasteiger partial charge in [-0.25, -0.2) is 0 Å². The largest absolute Gasteiger partial charge is 0.457 e. The molecule has 0 bridgehead atoms. The Kier molecular flexibility index (Phi) is 10.0. The van der Waals surface area contributed by atoms with Crippen LogP contribution >= 0.6 is 11.3 Å². The number of nitrogens with zero attached hydrogens (tertiary/aromatic N) is 1. The molecule has 2 heterocycles. The molecule has 226 valence electrons. The molecular formula is C28H28F2N6O6S. The van der Waals surface area contributed by atoms with Crippen molar-refractivity contribution in [3.05, 3.63) is 82.0 Å². The maximum absolute atomic E-state index is 13.2. The highest BCUT2D eigenvalue weighted by Gasteiger charge is 2.42. The topological polar surface area (TPSA) is 190 Å². The van der Waals surface area contributed by atoms with E-state index < -0.39 is 55.0 Å². The molecule has 0 unspecified atom stereocenters. The highest BCUT2D eigenvalue weighted by Crippen LogP contribution is 2.26. The number of hydrogen-bond donors (Lipinski definition) is 5. The van der Waals surface area contributed by atoms with Gasteiger partial charge in [0.05, 0.1) is 12.6 Å². The highest BCUT2D eigenvalue weighted by atomic mass is 32.1. The minimum atomic E-state index is -3.15. The number of alkyl halides is 2. The Hall–Kier alpha value is -4.89. The molecule has 3 atom stereocenters. The average Bonchev–Trinajstić information content (AvgIpc) is 3.63. The monoisotopic (exact) mass is 614 g/mol. The first-order valence-corrected chi connectivity index (χ1v) is 13.8. The second-order valence-electron chi connectivity index (χ2n) is 9.43. The zero-order chi connectivity index (χ0) is 31.1. The summed E-state index contributed by atoms with van der Waals surface area (Å²) in [6, 6.07) is 14.0. The van der Waals surface area contributed by atoms with Crippen molar-refractivity contribution >= 4 is 40.8 Å². The number of amidine groups is 1. The van der Waals surface area contributed by atoms with E-state index in [2.05, 4.69) is 15.4 Å². The van der Waals surface area contributed by atoms with E-state index in [0.29, 0.717) is 17.1 Å². The number of primary amides is 1. The van der Waals surface area contributed by atoms with Crippen LogP contribution in [0, 0.1) is 5.41 Å². The van der Waals surface area contributed by atoms with E-state index in [4.69, 9.17) is 21.6 Å². The maximum Gasteiger partial charge on any atom is 0.345 e. The van der Waals surface area contributed by atoms with E-state index in [0.717, 1.165) is 16.2 Å². The third-order valence-electron chi connectivity index (χ3n) is 6.46. The summed E-state index contributed by atoms with van der Waals surface area (Å²) in [5, 5.41) is 13.9. The Morgan fingerprint density at radius 2 is 1.70 bits per heavy atom. The number of thiophene rings is 1. The lowest BCUT2D eigenvalue weighted by Crippen LogP contribution is -2.50. The lowest BCUT2D eigenvalue weighted by atomic mass is 10.1. The fraction of sp³-hybridized carbons (Fsp3) is 0.250. The van der Waals surface area contributed by atoms with Crippen LogP contribution in [-0.4, -0.2) is 66.2 Å². The van der Waals surface area contributed by atoms with E-state index >= 15 is 0 Å². The van der Waals surface area contributed by atoms with E-state index in [9.17, 15) is 28.0 Å². The summed E-state index contributed by atoms with van der Waals surface area (Å²) >= 11 is 1.03. The van der Waals surface area contributed by atoms with Gasteiger partial charge < -0.3 is 36.5 Å². The number of amides is 4. The van der Waals surface area contributed by atoms with Gasteiger partial charge in [0, 0.05) is 34.3 Å². The minimum Gasteiger partial charge on any atom is -0.457 e. The van der Waals surface area contributed by atoms with Crippen molar-refractivity contribution in [2.45, 2.75) is 31.2 Å². The van der Waals surface area contributed by atoms with Gasteiger partial charge in [0.1, 0.15) is 29.4 Å². The Labute approximate surface area is 248 Å². The summed E-state index contributed by atoms with van der Waals surface area (Å²) in [5.74, 6) is -2.23. The second kappa shape index (κ2) is 13.8. The van der Waals surface area contributed by atoms with Crippen molar-refractivity contribution in [2.75, 3.05) is 13.1 Å². The molecule has 0 saturated carbocycles. The summed E-state index contributed by atoms with van der Waals surface area (Å²) < 4.78 is 36.2. The van der Waals surface area contributed by atoms with Crippen LogP contribution in [0.3, 0.4) is 0 Å². The number of para-hydroxylation sites is 1. The number of halogens is 2. The molecular weight excluding hydrogens is 586 g/mol. The molecule has 4 amide bonds. The van der Waals surface area contributed by atoms with Crippen molar-refractivity contribution in [1.82, 2.24) is 15.5 Å². The molecule has 1 aliphatic heterocycles. The molecule has 12 nitrogen and oxygen atoms in total. The van der Waals surface area contributed by atoms with Gasteiger partial charge in [-0.2, -0.15) is 8.78 Å². The number of benzene rings is 2. The number of hydrogen-bond acceptors (Lipinski definition) is 8. The van der Waals surface area contributed by atoms with Crippen molar-refractivity contribution in [3.63, 3.8) is 0 Å². The third kappa shape index (κ3) is 8.11. The summed E-state index contributed by atoms with van der Waals surface area (Å²) in [7, 11) is 0. The van der Waals surface area contributed by atoms with E-state index in [1.54, 1.807) is 24.3 Å². The summed E-state index contributed by atoms with van der Waals surface area (Å²) in [6.07, 6.45) is -1.46. The molecule has 1 fully saturated rings. The summed E-state index contributed by atoms with van der Waals surface area (Å²) in [4.78, 5) is 52.4. The number of rotatable bonds is 12. The predicted molar refractivity (Wildman–Crippen MR) is 152 cm³/mol. The number of carbonyl (C=O) groups is 4. The van der Waals surface area contributed by atoms with E-state index in [1.807, 2.05) is 18.2 Å². The summed E-state index contributed by atoms with van der Waals surface area (Å²) in [6.45, 7) is -4.04. The zero-order valence-corrected chi connectivity index (χ0v) is 23.3. The molecule has 3 aromatic rings. The zero-order valence-electron chi connectivity index (χ0n) is 22.5. The third-order valence-corrected chi connectivity index (χ3v) is 7.46. The molecule has 0 radical (unpaired) electrons. The molecule has 4 rings (SSSR count). The molecule has 0 aliphatic carbocycles. The van der Waals surface area contributed by atoms with E-state index in [1.165, 1.54) is 23.6 Å². The normalized spacial score (nSPS) is 16.9. The van der Waals surface area contributed by atoms with Crippen molar-refractivity contribution in [1.29, 1.82) is 5.41 Å². The lowest BCUT2D eigenvalue weighted by molar-refractivity contribution is -0.160. The molecule has 43 heavy (non-hydrogen) atoms. The number of nitrogens with one attached hydrogen (secondary N) is 3. The standard InChI is InChI=1S/C28H28F2N6O6S/c29-28(30)42-19-11-20(27(40)35-23(25(33)38)21-10-16(14-43-21)24(31)32)36(13-19)22(37)12-34-26(39)15-6-8-18(9-7-15)41-17-4-2-1-3-5-17/h1-10,14,19-20,23,28H,11-13H2,(H3,31,32)(H2,33,38)(H,34,39)(H,35,40)/t19-,20+,23+/m1/s1. The van der Waals surface area contributed by atoms with Crippen molar-refractivity contribution < 1.29 is 37.4 Å². The number of carbonyl (C=O) groups excluding carboxylic acids is 4. The van der Waals surface area contributed by atoms with Crippen LogP contribution in [0.15, 0.2) is 66.0 Å². The first-order chi connectivity index (χ1) is 20.5. The molecule has 2 aromatic carbocycles. The maximum atomic E-state index is 13.2. The van der Waals surface area contributed by atoms with Crippen LogP contribution in [0.2, 0.25) is 0 Å². The Bertz CT molecular complexity index is 1490. The van der Waals surface area contributed by atoms with Gasteiger partial charge in [-0.1, -0.05) is 18.2 Å². The summed E-state index contributed by atoms with van der Waals surface area (Å²) in [5.41, 5.74) is 11.5. The Morgan fingerprint density at radius 3 is 2.30 bits per heavy atom. The van der Waals surface area contributed by atoms with Crippen LogP contribution in [0.1, 0.15) is 33.3 Å². The minimum absolute atomic E-state index is 0.230. The van der Waals surface area contributed by atoms with Gasteiger partial charge in [-0.15, -0.1) is 11.3 Å². The Morgan fingerprint density at radius 1 is 1.02 bits per heavy atom. The molecule has 1 aromatic heterocycles. The van der Waals surface area contributed by atoms with Gasteiger partial charge in [-0.3, -0.25) is 24.6 Å². The quantitative estimate of drug-likeness (QED) is 0.152.